The van der Waals surface area contributed by atoms with Crippen LogP contribution >= 0.6 is 0 Å². The molecule has 6 rings (SSSR count). The molecule has 0 aliphatic heterocycles. The van der Waals surface area contributed by atoms with Crippen LogP contribution in [0.25, 0.3) is 0 Å². The molecule has 5 saturated carbocycles. The number of Topliss-reactive ketones (excluding diaryl/α,β-unsaturated/α-hetero) is 2. The van der Waals surface area contributed by atoms with Gasteiger partial charge in [0.05, 0.1) is 11.5 Å². The van der Waals surface area contributed by atoms with E-state index in [1.54, 1.807) is 0 Å². The summed E-state index contributed by atoms with van der Waals surface area (Å²) in [5, 5.41) is 0. The number of ether oxygens (including phenoxy) is 2. The topological polar surface area (TPSA) is 69.7 Å². The molecule has 6 bridgehead atoms. The van der Waals surface area contributed by atoms with E-state index in [0.717, 1.165) is 25.2 Å². The van der Waals surface area contributed by atoms with E-state index in [2.05, 4.69) is 0 Å². The average molecular weight is 356 g/mol. The number of carbonyl (C=O) groups is 3. The molecular weight excluding hydrogens is 332 g/mol. The molecule has 0 heterocycles. The Kier molecular flexibility index (Phi) is 3.03. The van der Waals surface area contributed by atoms with Gasteiger partial charge in [-0.25, -0.2) is 0 Å². The number of allylic oxidation sites excluding steroid dienone is 2. The maximum Gasteiger partial charge on any atom is 0.311 e. The number of hydrogen-bond acceptors (Lipinski definition) is 5. The number of carbonyl (C=O) groups excluding carboxylic acids is 3. The van der Waals surface area contributed by atoms with E-state index in [0.29, 0.717) is 6.42 Å². The van der Waals surface area contributed by atoms with Crippen molar-refractivity contribution in [1.29, 1.82) is 0 Å². The van der Waals surface area contributed by atoms with Crippen molar-refractivity contribution in [1.82, 2.24) is 0 Å². The highest BCUT2D eigenvalue weighted by Crippen LogP contribution is 2.64. The maximum atomic E-state index is 12.7. The molecule has 0 N–H and O–H groups in total. The van der Waals surface area contributed by atoms with E-state index in [4.69, 9.17) is 9.47 Å². The predicted octanol–water partition coefficient (Wildman–Crippen LogP) is 2.29. The molecule has 7 unspecified atom stereocenters. The Balaban J connectivity index is 1.13. The summed E-state index contributed by atoms with van der Waals surface area (Å²) < 4.78 is 11.5. The van der Waals surface area contributed by atoms with Crippen LogP contribution < -0.4 is 0 Å². The first-order valence-corrected chi connectivity index (χ1v) is 10.1. The molecule has 6 aliphatic rings. The molecule has 0 saturated heterocycles. The van der Waals surface area contributed by atoms with E-state index in [-0.39, 0.29) is 71.4 Å². The minimum absolute atomic E-state index is 0.00656. The third-order valence-corrected chi connectivity index (χ3v) is 8.52. The standard InChI is InChI=1S/C21H24O5/c22-18-11-1-2-12(18)16-15(11)13-7-14(17(16)19(13)23)20(24)25-9-26-21-5-3-10(8-21)4-6-21/h1-2,10-17H,3-9H2. The van der Waals surface area contributed by atoms with Gasteiger partial charge in [-0.15, -0.1) is 0 Å². The Morgan fingerprint density at radius 3 is 2.50 bits per heavy atom. The van der Waals surface area contributed by atoms with Gasteiger partial charge in [-0.3, -0.25) is 14.4 Å². The molecule has 0 spiro atoms. The summed E-state index contributed by atoms with van der Waals surface area (Å²) in [6.07, 6.45) is 10.2. The third-order valence-electron chi connectivity index (χ3n) is 8.52. The predicted molar refractivity (Wildman–Crippen MR) is 89.6 cm³/mol. The molecule has 0 aromatic heterocycles. The molecule has 6 aliphatic carbocycles. The van der Waals surface area contributed by atoms with Crippen LogP contribution in [0.3, 0.4) is 0 Å². The zero-order valence-corrected chi connectivity index (χ0v) is 14.8. The van der Waals surface area contributed by atoms with E-state index in [1.165, 1.54) is 12.8 Å². The maximum absolute atomic E-state index is 12.7. The smallest absolute Gasteiger partial charge is 0.311 e. The summed E-state index contributed by atoms with van der Waals surface area (Å²) in [6, 6.07) is 0. The number of fused-ring (bicyclic) bond motifs is 11. The van der Waals surface area contributed by atoms with Crippen molar-refractivity contribution < 1.29 is 23.9 Å². The van der Waals surface area contributed by atoms with Crippen molar-refractivity contribution >= 4 is 17.5 Å². The van der Waals surface area contributed by atoms with Crippen molar-refractivity contribution in [3.05, 3.63) is 12.2 Å². The Hall–Kier alpha value is -1.49. The molecular formula is C21H24O5. The molecule has 0 amide bonds. The van der Waals surface area contributed by atoms with Crippen molar-refractivity contribution in [2.24, 2.45) is 47.3 Å². The fourth-order valence-corrected chi connectivity index (χ4v) is 7.44. The van der Waals surface area contributed by atoms with E-state index >= 15 is 0 Å². The summed E-state index contributed by atoms with van der Waals surface area (Å²) in [5.41, 5.74) is -0.0671. The Labute approximate surface area is 152 Å². The lowest BCUT2D eigenvalue weighted by atomic mass is 9.69. The first kappa shape index (κ1) is 15.6. The van der Waals surface area contributed by atoms with Crippen LogP contribution in [-0.4, -0.2) is 29.9 Å². The number of rotatable bonds is 4. The van der Waals surface area contributed by atoms with Gasteiger partial charge in [0, 0.05) is 23.7 Å². The molecule has 5 heteroatoms. The van der Waals surface area contributed by atoms with Crippen LogP contribution in [-0.2, 0) is 23.9 Å². The second-order valence-corrected chi connectivity index (χ2v) is 9.43. The fourth-order valence-electron chi connectivity index (χ4n) is 7.44. The van der Waals surface area contributed by atoms with E-state index < -0.39 is 0 Å². The number of hydrogen-bond donors (Lipinski definition) is 0. The number of ketones is 2. The monoisotopic (exact) mass is 356 g/mol. The van der Waals surface area contributed by atoms with Crippen LogP contribution in [0.5, 0.6) is 0 Å². The van der Waals surface area contributed by atoms with Gasteiger partial charge in [-0.2, -0.15) is 0 Å². The van der Waals surface area contributed by atoms with Crippen molar-refractivity contribution in [2.45, 2.75) is 44.1 Å². The van der Waals surface area contributed by atoms with Crippen molar-refractivity contribution in [2.75, 3.05) is 6.79 Å². The molecule has 0 radical (unpaired) electrons. The minimum Gasteiger partial charge on any atom is -0.438 e. The minimum atomic E-state index is -0.379. The largest absolute Gasteiger partial charge is 0.438 e. The van der Waals surface area contributed by atoms with E-state index in [1.807, 2.05) is 12.2 Å². The van der Waals surface area contributed by atoms with Gasteiger partial charge in [0.1, 0.15) is 11.6 Å². The Morgan fingerprint density at radius 1 is 1.08 bits per heavy atom. The van der Waals surface area contributed by atoms with Crippen LogP contribution in [0.1, 0.15) is 38.5 Å². The Morgan fingerprint density at radius 2 is 1.81 bits per heavy atom. The summed E-state index contributed by atoms with van der Waals surface area (Å²) in [4.78, 5) is 37.8. The molecule has 7 atom stereocenters. The second kappa shape index (κ2) is 5.06. The van der Waals surface area contributed by atoms with Gasteiger partial charge in [0.15, 0.2) is 6.79 Å². The molecule has 0 aromatic rings. The zero-order valence-electron chi connectivity index (χ0n) is 14.8. The van der Waals surface area contributed by atoms with E-state index in [9.17, 15) is 14.4 Å². The lowest BCUT2D eigenvalue weighted by Gasteiger charge is -2.33. The first-order chi connectivity index (χ1) is 12.6. The molecule has 5 fully saturated rings. The van der Waals surface area contributed by atoms with Crippen LogP contribution in [0.15, 0.2) is 12.2 Å². The summed E-state index contributed by atoms with van der Waals surface area (Å²) in [7, 11) is 0. The van der Waals surface area contributed by atoms with Gasteiger partial charge in [0.2, 0.25) is 0 Å². The highest BCUT2D eigenvalue weighted by Gasteiger charge is 2.69. The lowest BCUT2D eigenvalue weighted by Crippen LogP contribution is -2.36. The van der Waals surface area contributed by atoms with Crippen molar-refractivity contribution in [3.8, 4) is 0 Å². The zero-order chi connectivity index (χ0) is 17.6. The van der Waals surface area contributed by atoms with Gasteiger partial charge in [0.25, 0.3) is 0 Å². The third kappa shape index (κ3) is 1.83. The van der Waals surface area contributed by atoms with Crippen LogP contribution in [0.4, 0.5) is 0 Å². The molecule has 138 valence electrons. The van der Waals surface area contributed by atoms with Crippen LogP contribution in [0.2, 0.25) is 0 Å². The molecule has 0 aromatic carbocycles. The SMILES string of the molecule is O=C1C2C=CC1C1C3C(=O)C(CC3C(=O)OCOC34CCC(CC3)C4)C21. The molecule has 26 heavy (non-hydrogen) atoms. The summed E-state index contributed by atoms with van der Waals surface area (Å²) in [5.74, 6) is 0.0623. The first-order valence-electron chi connectivity index (χ1n) is 10.1. The molecule has 5 nitrogen and oxygen atoms in total. The normalized spacial score (nSPS) is 52.3. The summed E-state index contributed by atoms with van der Waals surface area (Å²) in [6.45, 7) is 0.00656. The summed E-state index contributed by atoms with van der Waals surface area (Å²) >= 11 is 0. The fraction of sp³-hybridized carbons (Fsp3) is 0.762. The van der Waals surface area contributed by atoms with Gasteiger partial charge in [-0.1, -0.05) is 12.2 Å². The highest BCUT2D eigenvalue weighted by molar-refractivity contribution is 6.01. The lowest BCUT2D eigenvalue weighted by molar-refractivity contribution is -0.179. The van der Waals surface area contributed by atoms with Crippen molar-refractivity contribution in [3.63, 3.8) is 0 Å². The van der Waals surface area contributed by atoms with Gasteiger partial charge in [-0.05, 0) is 56.3 Å². The van der Waals surface area contributed by atoms with Gasteiger partial charge >= 0.3 is 5.97 Å². The number of esters is 1. The Bertz CT molecular complexity index is 731. The van der Waals surface area contributed by atoms with Gasteiger partial charge < -0.3 is 9.47 Å². The van der Waals surface area contributed by atoms with Crippen LogP contribution in [0, 0.1) is 47.3 Å². The second-order valence-electron chi connectivity index (χ2n) is 9.43. The average Bonchev–Trinajstić information content (AvgIpc) is 3.45. The highest BCUT2D eigenvalue weighted by atomic mass is 16.7. The quantitative estimate of drug-likeness (QED) is 0.335.